The zero-order valence-corrected chi connectivity index (χ0v) is 10.3. The van der Waals surface area contributed by atoms with Gasteiger partial charge >= 0.3 is 0 Å². The highest BCUT2D eigenvalue weighted by atomic mass is 32.2. The predicted octanol–water partition coefficient (Wildman–Crippen LogP) is 3.20. The van der Waals surface area contributed by atoms with Gasteiger partial charge in [-0.2, -0.15) is 0 Å². The van der Waals surface area contributed by atoms with Crippen LogP contribution in [0.4, 0.5) is 4.39 Å². The van der Waals surface area contributed by atoms with E-state index < -0.39 is 5.67 Å². The lowest BCUT2D eigenvalue weighted by Crippen LogP contribution is -2.29. The maximum absolute atomic E-state index is 14.3. The maximum atomic E-state index is 14.3. The monoisotopic (exact) mass is 227 g/mol. The Hall–Kier alpha value is -0.540. The minimum atomic E-state index is -1.30. The molecule has 0 saturated carbocycles. The van der Waals surface area contributed by atoms with Crippen LogP contribution in [0.5, 0.6) is 0 Å². The fourth-order valence-corrected chi connectivity index (χ4v) is 2.53. The summed E-state index contributed by atoms with van der Waals surface area (Å²) in [6.45, 7) is 4.04. The Labute approximate surface area is 95.5 Å². The van der Waals surface area contributed by atoms with Gasteiger partial charge in [0.05, 0.1) is 0 Å². The van der Waals surface area contributed by atoms with Gasteiger partial charge in [0.1, 0.15) is 5.67 Å². The Morgan fingerprint density at radius 1 is 1.40 bits per heavy atom. The Kier molecular flexibility index (Phi) is 4.61. The average molecular weight is 227 g/mol. The van der Waals surface area contributed by atoms with Crippen molar-refractivity contribution in [1.82, 2.24) is 5.32 Å². The van der Waals surface area contributed by atoms with Gasteiger partial charge in [-0.05, 0) is 25.8 Å². The first-order valence-electron chi connectivity index (χ1n) is 5.17. The number of hydrogen-bond acceptors (Lipinski definition) is 2. The van der Waals surface area contributed by atoms with E-state index in [0.717, 1.165) is 16.2 Å². The van der Waals surface area contributed by atoms with Crippen molar-refractivity contribution >= 4 is 11.8 Å². The minimum Gasteiger partial charge on any atom is -0.316 e. The van der Waals surface area contributed by atoms with Crippen LogP contribution in [0.2, 0.25) is 0 Å². The summed E-state index contributed by atoms with van der Waals surface area (Å²) in [5, 5.41) is 2.89. The van der Waals surface area contributed by atoms with Gasteiger partial charge in [0.25, 0.3) is 0 Å². The number of thioether (sulfide) groups is 1. The molecule has 1 atom stereocenters. The van der Waals surface area contributed by atoms with Crippen LogP contribution in [-0.4, -0.2) is 19.3 Å². The van der Waals surface area contributed by atoms with Crippen molar-refractivity contribution in [1.29, 1.82) is 0 Å². The largest absolute Gasteiger partial charge is 0.316 e. The Balaban J connectivity index is 3.00. The van der Waals surface area contributed by atoms with Gasteiger partial charge in [-0.25, -0.2) is 4.39 Å². The number of likely N-dealkylation sites (N-methyl/N-ethyl adjacent to an activating group) is 1. The fraction of sp³-hybridized carbons (Fsp3) is 0.500. The number of hydrogen-bond donors (Lipinski definition) is 1. The van der Waals surface area contributed by atoms with Crippen LogP contribution in [0.25, 0.3) is 0 Å². The van der Waals surface area contributed by atoms with E-state index in [1.54, 1.807) is 25.7 Å². The summed E-state index contributed by atoms with van der Waals surface area (Å²) in [6, 6.07) is 7.70. The first-order chi connectivity index (χ1) is 7.11. The zero-order valence-electron chi connectivity index (χ0n) is 9.51. The van der Waals surface area contributed by atoms with Crippen LogP contribution in [0.15, 0.2) is 29.2 Å². The molecule has 1 N–H and O–H groups in total. The van der Waals surface area contributed by atoms with E-state index in [0.29, 0.717) is 6.54 Å². The summed E-state index contributed by atoms with van der Waals surface area (Å²) in [6.07, 6.45) is 0. The molecule has 0 aliphatic heterocycles. The first-order valence-corrected chi connectivity index (χ1v) is 6.16. The van der Waals surface area contributed by atoms with E-state index in [4.69, 9.17) is 0 Å². The van der Waals surface area contributed by atoms with Gasteiger partial charge in [-0.15, -0.1) is 11.8 Å². The number of benzene rings is 1. The molecule has 0 radical (unpaired) electrons. The van der Waals surface area contributed by atoms with Gasteiger partial charge in [-0.1, -0.05) is 25.1 Å². The molecule has 3 heteroatoms. The molecule has 0 aliphatic carbocycles. The minimum absolute atomic E-state index is 0.342. The topological polar surface area (TPSA) is 12.0 Å². The molecule has 84 valence electrons. The molecule has 0 amide bonds. The third-order valence-corrected chi connectivity index (χ3v) is 3.21. The third-order valence-electron chi connectivity index (χ3n) is 2.26. The second kappa shape index (κ2) is 5.52. The van der Waals surface area contributed by atoms with E-state index in [-0.39, 0.29) is 0 Å². The zero-order chi connectivity index (χ0) is 11.3. The second-order valence-corrected chi connectivity index (χ2v) is 4.96. The van der Waals surface area contributed by atoms with Gasteiger partial charge in [0.15, 0.2) is 0 Å². The highest BCUT2D eigenvalue weighted by molar-refractivity contribution is 7.99. The van der Waals surface area contributed by atoms with E-state index in [1.807, 2.05) is 24.3 Å². The van der Waals surface area contributed by atoms with E-state index in [2.05, 4.69) is 12.2 Å². The number of nitrogens with one attached hydrogen (secondary N) is 1. The van der Waals surface area contributed by atoms with Gasteiger partial charge in [0.2, 0.25) is 0 Å². The Morgan fingerprint density at radius 3 is 2.67 bits per heavy atom. The molecule has 1 rings (SSSR count). The Morgan fingerprint density at radius 2 is 2.07 bits per heavy atom. The lowest BCUT2D eigenvalue weighted by Gasteiger charge is -2.23. The molecule has 15 heavy (non-hydrogen) atoms. The number of rotatable bonds is 5. The summed E-state index contributed by atoms with van der Waals surface area (Å²) in [5.74, 6) is 0.965. The standard InChI is InChI=1S/C12H18FNS/c1-4-15-11-8-6-5-7-10(11)12(2,13)9-14-3/h5-8,14H,4,9H2,1-3H3. The smallest absolute Gasteiger partial charge is 0.146 e. The van der Waals surface area contributed by atoms with E-state index in [1.165, 1.54) is 0 Å². The molecule has 0 bridgehead atoms. The molecule has 0 aliphatic rings. The molecule has 1 unspecified atom stereocenters. The van der Waals surface area contributed by atoms with Crippen LogP contribution in [0, 0.1) is 0 Å². The number of halogens is 1. The van der Waals surface area contributed by atoms with Crippen molar-refractivity contribution in [3.05, 3.63) is 29.8 Å². The third kappa shape index (κ3) is 3.21. The lowest BCUT2D eigenvalue weighted by atomic mass is 9.98. The maximum Gasteiger partial charge on any atom is 0.146 e. The fourth-order valence-electron chi connectivity index (χ4n) is 1.61. The van der Waals surface area contributed by atoms with Crippen molar-refractivity contribution in [3.63, 3.8) is 0 Å². The van der Waals surface area contributed by atoms with Crippen molar-refractivity contribution in [2.45, 2.75) is 24.4 Å². The Bertz CT molecular complexity index is 312. The van der Waals surface area contributed by atoms with Crippen molar-refractivity contribution in [2.75, 3.05) is 19.3 Å². The predicted molar refractivity (Wildman–Crippen MR) is 65.2 cm³/mol. The first kappa shape index (κ1) is 12.5. The summed E-state index contributed by atoms with van der Waals surface area (Å²) >= 11 is 1.69. The highest BCUT2D eigenvalue weighted by Crippen LogP contribution is 2.33. The molecular weight excluding hydrogens is 209 g/mol. The summed E-state index contributed by atoms with van der Waals surface area (Å²) in [4.78, 5) is 1.04. The van der Waals surface area contributed by atoms with Gasteiger partial charge in [-0.3, -0.25) is 0 Å². The molecule has 0 fully saturated rings. The molecule has 0 aromatic heterocycles. The number of alkyl halides is 1. The van der Waals surface area contributed by atoms with E-state index in [9.17, 15) is 4.39 Å². The van der Waals surface area contributed by atoms with Gasteiger partial charge < -0.3 is 5.32 Å². The molecule has 1 aromatic rings. The van der Waals surface area contributed by atoms with Crippen LogP contribution >= 0.6 is 11.8 Å². The molecule has 0 spiro atoms. The SMILES string of the molecule is CCSc1ccccc1C(C)(F)CNC. The quantitative estimate of drug-likeness (QED) is 0.775. The van der Waals surface area contributed by atoms with Crippen molar-refractivity contribution < 1.29 is 4.39 Å². The molecular formula is C12H18FNS. The molecule has 0 heterocycles. The second-order valence-electron chi connectivity index (χ2n) is 3.66. The van der Waals surface area contributed by atoms with Gasteiger partial charge in [0, 0.05) is 17.0 Å². The van der Waals surface area contributed by atoms with Crippen molar-refractivity contribution in [2.24, 2.45) is 0 Å². The van der Waals surface area contributed by atoms with Crippen LogP contribution in [-0.2, 0) is 5.67 Å². The summed E-state index contributed by atoms with van der Waals surface area (Å²) in [7, 11) is 1.77. The van der Waals surface area contributed by atoms with Crippen LogP contribution in [0.1, 0.15) is 19.4 Å². The van der Waals surface area contributed by atoms with Crippen LogP contribution in [0.3, 0.4) is 0 Å². The highest BCUT2D eigenvalue weighted by Gasteiger charge is 2.27. The van der Waals surface area contributed by atoms with E-state index >= 15 is 0 Å². The normalized spacial score (nSPS) is 14.9. The molecule has 0 saturated heterocycles. The molecule has 1 nitrogen and oxygen atoms in total. The van der Waals surface area contributed by atoms with Crippen molar-refractivity contribution in [3.8, 4) is 0 Å². The summed E-state index contributed by atoms with van der Waals surface area (Å²) in [5.41, 5.74) is -0.515. The molecule has 1 aromatic carbocycles. The lowest BCUT2D eigenvalue weighted by molar-refractivity contribution is 0.187. The van der Waals surface area contributed by atoms with Crippen LogP contribution < -0.4 is 5.32 Å². The average Bonchev–Trinajstić information content (AvgIpc) is 2.19. The summed E-state index contributed by atoms with van der Waals surface area (Å²) < 4.78 is 14.3.